The molecule has 3 N–H and O–H groups in total. The highest BCUT2D eigenvalue weighted by molar-refractivity contribution is 6.05. The lowest BCUT2D eigenvalue weighted by Gasteiger charge is -2.43. The van der Waals surface area contributed by atoms with E-state index in [9.17, 15) is 27.2 Å². The van der Waals surface area contributed by atoms with Gasteiger partial charge in [-0.25, -0.2) is 25.2 Å². The van der Waals surface area contributed by atoms with Crippen molar-refractivity contribution in [2.24, 2.45) is 5.84 Å². The zero-order valence-corrected chi connectivity index (χ0v) is 14.3. The summed E-state index contributed by atoms with van der Waals surface area (Å²) in [5, 5.41) is 2.48. The van der Waals surface area contributed by atoms with E-state index < -0.39 is 34.1 Å². The highest BCUT2D eigenvalue weighted by Crippen LogP contribution is 2.44. The summed E-state index contributed by atoms with van der Waals surface area (Å²) in [5.74, 6) is 0.712. The summed E-state index contributed by atoms with van der Waals surface area (Å²) < 4.78 is 51.3. The SMILES string of the molecule is NN(C(=O)c1cnc(NC2(c3ccccc3F)CCC2)nc1)C(=O)C(F)(F)F. The van der Waals surface area contributed by atoms with E-state index in [2.05, 4.69) is 15.3 Å². The molecule has 1 aliphatic rings. The van der Waals surface area contributed by atoms with Crippen LogP contribution >= 0.6 is 0 Å². The summed E-state index contributed by atoms with van der Waals surface area (Å²) >= 11 is 0. The van der Waals surface area contributed by atoms with Crippen molar-refractivity contribution in [1.29, 1.82) is 0 Å². The molecule has 1 aromatic carbocycles. The van der Waals surface area contributed by atoms with Crippen LogP contribution < -0.4 is 11.2 Å². The number of rotatable bonds is 4. The second-order valence-electron chi connectivity index (χ2n) is 6.31. The molecule has 0 unspecified atom stereocenters. The van der Waals surface area contributed by atoms with E-state index in [-0.39, 0.29) is 11.8 Å². The highest BCUT2D eigenvalue weighted by atomic mass is 19.4. The first kappa shape index (κ1) is 19.7. The maximum atomic E-state index is 14.2. The number of aromatic nitrogens is 2. The number of benzene rings is 1. The molecule has 3 rings (SSSR count). The number of hydrogen-bond donors (Lipinski definition) is 2. The fourth-order valence-electron chi connectivity index (χ4n) is 2.93. The van der Waals surface area contributed by atoms with Crippen LogP contribution in [0.2, 0.25) is 0 Å². The molecule has 2 amide bonds. The molecule has 0 atom stereocenters. The Kier molecular flexibility index (Phi) is 5.02. The highest BCUT2D eigenvalue weighted by Gasteiger charge is 2.44. The van der Waals surface area contributed by atoms with Gasteiger partial charge in [0.2, 0.25) is 5.95 Å². The number of halogens is 4. The van der Waals surface area contributed by atoms with Gasteiger partial charge in [0.25, 0.3) is 5.91 Å². The van der Waals surface area contributed by atoms with Crippen molar-refractivity contribution in [1.82, 2.24) is 15.0 Å². The lowest BCUT2D eigenvalue weighted by atomic mass is 9.71. The average molecular weight is 397 g/mol. The van der Waals surface area contributed by atoms with Gasteiger partial charge in [0.05, 0.1) is 11.1 Å². The third kappa shape index (κ3) is 3.65. The summed E-state index contributed by atoms with van der Waals surface area (Å²) in [6.07, 6.45) is -1.28. The molecule has 0 saturated heterocycles. The number of nitrogens with zero attached hydrogens (tertiary/aromatic N) is 3. The molecule has 2 aromatic rings. The normalized spacial score (nSPS) is 15.5. The van der Waals surface area contributed by atoms with E-state index in [4.69, 9.17) is 5.84 Å². The Morgan fingerprint density at radius 1 is 1.14 bits per heavy atom. The van der Waals surface area contributed by atoms with Crippen LogP contribution in [0.4, 0.5) is 23.5 Å². The first-order valence-electron chi connectivity index (χ1n) is 8.20. The van der Waals surface area contributed by atoms with Crippen molar-refractivity contribution >= 4 is 17.8 Å². The van der Waals surface area contributed by atoms with E-state index in [0.717, 1.165) is 18.8 Å². The topological polar surface area (TPSA) is 101 Å². The number of nitrogens with one attached hydrogen (secondary N) is 1. The Labute approximate surface area is 156 Å². The minimum absolute atomic E-state index is 0.0604. The van der Waals surface area contributed by atoms with Crippen LogP contribution in [-0.2, 0) is 10.3 Å². The van der Waals surface area contributed by atoms with Crippen molar-refractivity contribution in [2.75, 3.05) is 5.32 Å². The van der Waals surface area contributed by atoms with Crippen molar-refractivity contribution in [3.63, 3.8) is 0 Å². The molecule has 1 heterocycles. The fraction of sp³-hybridized carbons (Fsp3) is 0.294. The minimum Gasteiger partial charge on any atom is -0.345 e. The Morgan fingerprint density at radius 2 is 1.75 bits per heavy atom. The summed E-state index contributed by atoms with van der Waals surface area (Å²) in [5.41, 5.74) is -0.656. The number of alkyl halides is 3. The molecule has 1 aliphatic carbocycles. The molecule has 28 heavy (non-hydrogen) atoms. The summed E-state index contributed by atoms with van der Waals surface area (Å²) in [6, 6.07) is 6.26. The van der Waals surface area contributed by atoms with Gasteiger partial charge in [0, 0.05) is 18.0 Å². The third-order valence-corrected chi connectivity index (χ3v) is 4.53. The molecule has 1 aromatic heterocycles. The molecule has 7 nitrogen and oxygen atoms in total. The number of hydrogen-bond acceptors (Lipinski definition) is 6. The van der Waals surface area contributed by atoms with Gasteiger partial charge < -0.3 is 5.32 Å². The number of amides is 2. The van der Waals surface area contributed by atoms with Crippen LogP contribution in [0.25, 0.3) is 0 Å². The minimum atomic E-state index is -5.29. The van der Waals surface area contributed by atoms with Gasteiger partial charge in [-0.2, -0.15) is 13.2 Å². The maximum absolute atomic E-state index is 14.2. The quantitative estimate of drug-likeness (QED) is 0.356. The van der Waals surface area contributed by atoms with Gasteiger partial charge in [0.1, 0.15) is 5.82 Å². The molecular weight excluding hydrogens is 382 g/mol. The number of anilines is 1. The van der Waals surface area contributed by atoms with Gasteiger partial charge in [-0.05, 0) is 25.3 Å². The predicted molar refractivity (Wildman–Crippen MR) is 89.0 cm³/mol. The van der Waals surface area contributed by atoms with Crippen LogP contribution in [0.1, 0.15) is 35.2 Å². The smallest absolute Gasteiger partial charge is 0.345 e. The standard InChI is InChI=1S/C17H15F4N5O2/c18-12-5-2-1-4-11(12)16(6-3-7-16)25-15-23-8-10(9-24-15)13(27)26(22)14(28)17(19,20)21/h1-2,4-5,8-9H,3,6-7,22H2,(H,23,24,25). The lowest BCUT2D eigenvalue weighted by molar-refractivity contribution is -0.182. The zero-order valence-electron chi connectivity index (χ0n) is 14.3. The predicted octanol–water partition coefficient (Wildman–Crippen LogP) is 2.51. The number of hydrazine groups is 1. The van der Waals surface area contributed by atoms with Gasteiger partial charge >= 0.3 is 12.1 Å². The van der Waals surface area contributed by atoms with Crippen molar-refractivity contribution < 1.29 is 27.2 Å². The molecule has 0 radical (unpaired) electrons. The summed E-state index contributed by atoms with van der Waals surface area (Å²) in [4.78, 5) is 30.7. The van der Waals surface area contributed by atoms with Gasteiger partial charge in [-0.1, -0.05) is 18.2 Å². The molecule has 1 fully saturated rings. The molecular formula is C17H15F4N5O2. The molecule has 11 heteroatoms. The van der Waals surface area contributed by atoms with Crippen molar-refractivity contribution in [3.8, 4) is 0 Å². The van der Waals surface area contributed by atoms with E-state index in [1.54, 1.807) is 18.2 Å². The van der Waals surface area contributed by atoms with Crippen LogP contribution in [-0.4, -0.2) is 33.0 Å². The Morgan fingerprint density at radius 3 is 2.25 bits per heavy atom. The van der Waals surface area contributed by atoms with Crippen LogP contribution in [0.3, 0.4) is 0 Å². The first-order valence-corrected chi connectivity index (χ1v) is 8.20. The Bertz CT molecular complexity index is 897. The second-order valence-corrected chi connectivity index (χ2v) is 6.31. The zero-order chi connectivity index (χ0) is 20.5. The molecule has 1 saturated carbocycles. The van der Waals surface area contributed by atoms with Gasteiger partial charge in [0.15, 0.2) is 0 Å². The third-order valence-electron chi connectivity index (χ3n) is 4.53. The largest absolute Gasteiger partial charge is 0.473 e. The summed E-state index contributed by atoms with van der Waals surface area (Å²) in [6.45, 7) is 0. The van der Waals surface area contributed by atoms with E-state index >= 15 is 0 Å². The van der Waals surface area contributed by atoms with Gasteiger partial charge in [-0.15, -0.1) is 0 Å². The molecule has 148 valence electrons. The molecule has 0 aliphatic heterocycles. The van der Waals surface area contributed by atoms with Gasteiger partial charge in [-0.3, -0.25) is 9.59 Å². The monoisotopic (exact) mass is 397 g/mol. The Balaban J connectivity index is 1.77. The van der Waals surface area contributed by atoms with E-state index in [0.29, 0.717) is 18.4 Å². The maximum Gasteiger partial charge on any atom is 0.473 e. The average Bonchev–Trinajstić information content (AvgIpc) is 2.63. The van der Waals surface area contributed by atoms with Crippen LogP contribution in [0, 0.1) is 5.82 Å². The number of carbonyl (C=O) groups is 2. The number of carbonyl (C=O) groups excluding carboxylic acids is 2. The summed E-state index contributed by atoms with van der Waals surface area (Å²) in [7, 11) is 0. The first-order chi connectivity index (χ1) is 13.1. The molecule has 0 spiro atoms. The van der Waals surface area contributed by atoms with Crippen molar-refractivity contribution in [2.45, 2.75) is 31.0 Å². The van der Waals surface area contributed by atoms with Crippen LogP contribution in [0.15, 0.2) is 36.7 Å². The number of nitrogens with two attached hydrogens (primary N) is 1. The fourth-order valence-corrected chi connectivity index (χ4v) is 2.93. The van der Waals surface area contributed by atoms with Crippen molar-refractivity contribution in [3.05, 3.63) is 53.6 Å². The second kappa shape index (κ2) is 7.15. The number of imide groups is 1. The van der Waals surface area contributed by atoms with E-state index in [1.165, 1.54) is 6.07 Å². The molecule has 0 bridgehead atoms. The lowest BCUT2D eigenvalue weighted by Crippen LogP contribution is -2.49. The van der Waals surface area contributed by atoms with Crippen LogP contribution in [0.5, 0.6) is 0 Å². The van der Waals surface area contributed by atoms with E-state index in [1.807, 2.05) is 0 Å². The Hall–Kier alpha value is -3.08.